The number of sulfonamides is 1. The quantitative estimate of drug-likeness (QED) is 0.762. The zero-order valence-electron chi connectivity index (χ0n) is 12.8. The van der Waals surface area contributed by atoms with Gasteiger partial charge >= 0.3 is 0 Å². The van der Waals surface area contributed by atoms with Crippen LogP contribution in [0, 0.1) is 5.82 Å². The van der Waals surface area contributed by atoms with Gasteiger partial charge in [0.1, 0.15) is 5.82 Å². The first kappa shape index (κ1) is 18.3. The smallest absolute Gasteiger partial charge is 0.207 e. The molecule has 0 saturated heterocycles. The lowest BCUT2D eigenvalue weighted by Crippen LogP contribution is -2.22. The fourth-order valence-corrected chi connectivity index (χ4v) is 4.20. The third kappa shape index (κ3) is 4.70. The summed E-state index contributed by atoms with van der Waals surface area (Å²) in [6, 6.07) is 11.2. The summed E-state index contributed by atoms with van der Waals surface area (Å²) in [5.74, 6) is 0.916. The number of benzene rings is 2. The van der Waals surface area contributed by atoms with Gasteiger partial charge in [-0.25, -0.2) is 17.1 Å². The molecule has 0 spiro atoms. The Morgan fingerprint density at radius 2 is 1.87 bits per heavy atom. The van der Waals surface area contributed by atoms with Gasteiger partial charge in [0.25, 0.3) is 0 Å². The molecule has 0 unspecified atom stereocenters. The van der Waals surface area contributed by atoms with E-state index in [0.29, 0.717) is 16.5 Å². The second-order valence-electron chi connectivity index (χ2n) is 5.16. The minimum absolute atomic E-state index is 0.278. The molecule has 23 heavy (non-hydrogen) atoms. The van der Waals surface area contributed by atoms with Gasteiger partial charge in [0.15, 0.2) is 0 Å². The summed E-state index contributed by atoms with van der Waals surface area (Å²) < 4.78 is 38.4. The molecule has 2 aromatic rings. The lowest BCUT2D eigenvalue weighted by Gasteiger charge is -2.12. The summed E-state index contributed by atoms with van der Waals surface area (Å²) in [6.07, 6.45) is 0. The largest absolute Gasteiger partial charge is 0.242 e. The molecule has 0 amide bonds. The van der Waals surface area contributed by atoms with E-state index in [4.69, 9.17) is 11.6 Å². The summed E-state index contributed by atoms with van der Waals surface area (Å²) in [5, 5.41) is 0.404. The first-order chi connectivity index (χ1) is 10.8. The number of nitrogens with zero attached hydrogens (tertiary/aromatic N) is 1. The Morgan fingerprint density at radius 3 is 2.52 bits per heavy atom. The van der Waals surface area contributed by atoms with Crippen LogP contribution in [0.1, 0.15) is 11.1 Å². The summed E-state index contributed by atoms with van der Waals surface area (Å²) in [5.41, 5.74) is 1.77. The van der Waals surface area contributed by atoms with Gasteiger partial charge in [0.05, 0.1) is 4.90 Å². The van der Waals surface area contributed by atoms with Gasteiger partial charge in [0.2, 0.25) is 10.0 Å². The first-order valence-corrected chi connectivity index (χ1v) is 9.81. The second kappa shape index (κ2) is 7.66. The van der Waals surface area contributed by atoms with Crippen molar-refractivity contribution in [3.63, 3.8) is 0 Å². The molecule has 0 aliphatic rings. The highest BCUT2D eigenvalue weighted by Gasteiger charge is 2.17. The molecule has 2 aromatic carbocycles. The van der Waals surface area contributed by atoms with E-state index in [1.54, 1.807) is 36.0 Å². The predicted molar refractivity (Wildman–Crippen MR) is 93.7 cm³/mol. The Balaban J connectivity index is 2.04. The van der Waals surface area contributed by atoms with Crippen LogP contribution in [0.2, 0.25) is 5.02 Å². The lowest BCUT2D eigenvalue weighted by molar-refractivity contribution is 0.520. The van der Waals surface area contributed by atoms with Crippen LogP contribution in [0.25, 0.3) is 0 Å². The molecule has 0 aromatic heterocycles. The van der Waals surface area contributed by atoms with E-state index in [1.165, 1.54) is 30.5 Å². The lowest BCUT2D eigenvalue weighted by atomic mass is 10.2. The molecule has 0 saturated carbocycles. The molecular formula is C16H17ClFNO2S2. The highest BCUT2D eigenvalue weighted by molar-refractivity contribution is 7.97. The molecule has 0 bridgehead atoms. The van der Waals surface area contributed by atoms with Crippen LogP contribution in [-0.2, 0) is 21.5 Å². The van der Waals surface area contributed by atoms with Crippen LogP contribution in [-0.4, -0.2) is 26.8 Å². The monoisotopic (exact) mass is 373 g/mol. The van der Waals surface area contributed by atoms with Crippen molar-refractivity contribution in [3.05, 3.63) is 64.4 Å². The van der Waals surface area contributed by atoms with E-state index < -0.39 is 10.0 Å². The minimum atomic E-state index is -3.43. The summed E-state index contributed by atoms with van der Waals surface area (Å²) in [7, 11) is -0.412. The molecule has 0 fully saturated rings. The Hall–Kier alpha value is -1.08. The van der Waals surface area contributed by atoms with Crippen molar-refractivity contribution in [1.82, 2.24) is 4.31 Å². The fourth-order valence-electron chi connectivity index (χ4n) is 1.92. The summed E-state index contributed by atoms with van der Waals surface area (Å²) in [4.78, 5) is 0.278. The third-order valence-corrected chi connectivity index (χ3v) is 6.43. The highest BCUT2D eigenvalue weighted by Crippen LogP contribution is 2.25. The topological polar surface area (TPSA) is 37.4 Å². The molecule has 2 rings (SSSR count). The van der Waals surface area contributed by atoms with E-state index >= 15 is 0 Å². The molecule has 7 heteroatoms. The number of rotatable bonds is 6. The highest BCUT2D eigenvalue weighted by atomic mass is 35.5. The van der Waals surface area contributed by atoms with Crippen molar-refractivity contribution in [3.8, 4) is 0 Å². The maximum absolute atomic E-state index is 13.0. The molecule has 0 atom stereocenters. The first-order valence-electron chi connectivity index (χ1n) is 6.84. The number of thioether (sulfide) groups is 1. The van der Waals surface area contributed by atoms with Crippen LogP contribution in [0.5, 0.6) is 0 Å². The van der Waals surface area contributed by atoms with Gasteiger partial charge in [0, 0.05) is 30.6 Å². The van der Waals surface area contributed by atoms with Gasteiger partial charge in [-0.1, -0.05) is 29.8 Å². The van der Waals surface area contributed by atoms with Crippen LogP contribution in [0.15, 0.2) is 47.4 Å². The molecule has 0 aliphatic heterocycles. The second-order valence-corrected chi connectivity index (χ2v) is 8.71. The summed E-state index contributed by atoms with van der Waals surface area (Å²) in [6.45, 7) is 0. The van der Waals surface area contributed by atoms with Crippen molar-refractivity contribution in [2.75, 3.05) is 14.1 Å². The van der Waals surface area contributed by atoms with Crippen LogP contribution >= 0.6 is 23.4 Å². The Labute approximate surface area is 145 Å². The van der Waals surface area contributed by atoms with Crippen molar-refractivity contribution >= 4 is 33.4 Å². The normalized spacial score (nSPS) is 11.9. The standard InChI is InChI=1S/C16H17ClFNO2S2/c1-19(2)23(20,21)15-5-3-4-12(8-15)10-22-11-13-6-7-14(18)9-16(13)17/h3-9H,10-11H2,1-2H3. The number of hydrogen-bond acceptors (Lipinski definition) is 3. The van der Waals surface area contributed by atoms with Crippen molar-refractivity contribution in [2.45, 2.75) is 16.4 Å². The molecule has 124 valence electrons. The van der Waals surface area contributed by atoms with Gasteiger partial charge in [-0.3, -0.25) is 0 Å². The molecule has 0 heterocycles. The fraction of sp³-hybridized carbons (Fsp3) is 0.250. The van der Waals surface area contributed by atoms with E-state index in [-0.39, 0.29) is 10.7 Å². The van der Waals surface area contributed by atoms with Crippen molar-refractivity contribution in [1.29, 1.82) is 0 Å². The van der Waals surface area contributed by atoms with Gasteiger partial charge in [-0.2, -0.15) is 11.8 Å². The Bertz CT molecular complexity index is 794. The summed E-state index contributed by atoms with van der Waals surface area (Å²) >= 11 is 7.58. The van der Waals surface area contributed by atoms with Gasteiger partial charge < -0.3 is 0 Å². The van der Waals surface area contributed by atoms with Crippen LogP contribution in [0.4, 0.5) is 4.39 Å². The van der Waals surface area contributed by atoms with Crippen LogP contribution < -0.4 is 0 Å². The molecule has 3 nitrogen and oxygen atoms in total. The predicted octanol–water partition coefficient (Wildman–Crippen LogP) is 4.16. The van der Waals surface area contributed by atoms with Crippen molar-refractivity contribution in [2.24, 2.45) is 0 Å². The van der Waals surface area contributed by atoms with Gasteiger partial charge in [-0.15, -0.1) is 0 Å². The third-order valence-electron chi connectivity index (χ3n) is 3.22. The van der Waals surface area contributed by atoms with Gasteiger partial charge in [-0.05, 0) is 35.4 Å². The molecule has 0 N–H and O–H groups in total. The Morgan fingerprint density at radius 1 is 1.13 bits per heavy atom. The van der Waals surface area contributed by atoms with E-state index in [1.807, 2.05) is 6.07 Å². The van der Waals surface area contributed by atoms with E-state index in [0.717, 1.165) is 11.1 Å². The molecule has 0 radical (unpaired) electrons. The van der Waals surface area contributed by atoms with E-state index in [9.17, 15) is 12.8 Å². The Kier molecular flexibility index (Phi) is 6.08. The maximum Gasteiger partial charge on any atom is 0.242 e. The van der Waals surface area contributed by atoms with Crippen molar-refractivity contribution < 1.29 is 12.8 Å². The average Bonchev–Trinajstić information content (AvgIpc) is 2.49. The van der Waals surface area contributed by atoms with E-state index in [2.05, 4.69) is 0 Å². The molecular weight excluding hydrogens is 357 g/mol. The zero-order valence-corrected chi connectivity index (χ0v) is 15.2. The van der Waals surface area contributed by atoms with Crippen LogP contribution in [0.3, 0.4) is 0 Å². The number of halogens is 2. The number of hydrogen-bond donors (Lipinski definition) is 0. The SMILES string of the molecule is CN(C)S(=O)(=O)c1cccc(CSCc2ccc(F)cc2Cl)c1. The molecule has 0 aliphatic carbocycles. The maximum atomic E-state index is 13.0. The zero-order chi connectivity index (χ0) is 17.0. The minimum Gasteiger partial charge on any atom is -0.207 e. The average molecular weight is 374 g/mol.